The van der Waals surface area contributed by atoms with E-state index in [-0.39, 0.29) is 18.0 Å². The minimum atomic E-state index is -0.495. The molecule has 0 aliphatic heterocycles. The third-order valence-electron chi connectivity index (χ3n) is 3.02. The molecule has 0 aliphatic rings. The summed E-state index contributed by atoms with van der Waals surface area (Å²) in [6.07, 6.45) is 0.287. The van der Waals surface area contributed by atoms with Gasteiger partial charge in [-0.15, -0.1) is 11.3 Å². The first-order valence-electron chi connectivity index (χ1n) is 6.19. The van der Waals surface area contributed by atoms with Crippen LogP contribution in [0.2, 0.25) is 0 Å². The van der Waals surface area contributed by atoms with Crippen molar-refractivity contribution in [2.24, 2.45) is 0 Å². The fourth-order valence-electron chi connectivity index (χ4n) is 2.08. The lowest BCUT2D eigenvalue weighted by molar-refractivity contribution is 0.502. The highest BCUT2D eigenvalue weighted by Crippen LogP contribution is 2.27. The molecular weight excluding hydrogens is 266 g/mol. The Morgan fingerprint density at radius 1 is 1.32 bits per heavy atom. The van der Waals surface area contributed by atoms with Crippen molar-refractivity contribution < 1.29 is 8.78 Å². The van der Waals surface area contributed by atoms with Gasteiger partial charge in [-0.25, -0.2) is 13.8 Å². The lowest BCUT2D eigenvalue weighted by Gasteiger charge is -2.18. The standard InChI is InChI=1S/C14H16F2N2S/c1-3-17-13(14-9(2)18-8-19-14)7-10-11(15)5-4-6-12(10)16/h4-6,8,13,17H,3,7H2,1-2H3. The van der Waals surface area contributed by atoms with Crippen molar-refractivity contribution in [3.05, 3.63) is 51.5 Å². The van der Waals surface area contributed by atoms with Gasteiger partial charge in [0.05, 0.1) is 11.2 Å². The van der Waals surface area contributed by atoms with E-state index in [1.165, 1.54) is 29.5 Å². The van der Waals surface area contributed by atoms with Crippen LogP contribution in [0.4, 0.5) is 8.78 Å². The number of nitrogens with one attached hydrogen (secondary N) is 1. The van der Waals surface area contributed by atoms with Crippen molar-refractivity contribution >= 4 is 11.3 Å². The van der Waals surface area contributed by atoms with Crippen LogP contribution in [0.5, 0.6) is 0 Å². The molecule has 1 N–H and O–H groups in total. The fourth-order valence-corrected chi connectivity index (χ4v) is 2.96. The number of hydrogen-bond acceptors (Lipinski definition) is 3. The second kappa shape index (κ2) is 6.21. The maximum atomic E-state index is 13.7. The van der Waals surface area contributed by atoms with Gasteiger partial charge in [-0.05, 0) is 32.0 Å². The van der Waals surface area contributed by atoms with E-state index in [1.807, 2.05) is 13.8 Å². The van der Waals surface area contributed by atoms with E-state index in [9.17, 15) is 8.78 Å². The molecule has 0 fully saturated rings. The molecule has 19 heavy (non-hydrogen) atoms. The molecule has 102 valence electrons. The number of likely N-dealkylation sites (N-methyl/N-ethyl adjacent to an activating group) is 1. The minimum Gasteiger partial charge on any atom is -0.309 e. The smallest absolute Gasteiger partial charge is 0.129 e. The Hall–Kier alpha value is -1.33. The average Bonchev–Trinajstić information content (AvgIpc) is 2.79. The fraction of sp³-hybridized carbons (Fsp3) is 0.357. The van der Waals surface area contributed by atoms with Crippen LogP contribution in [0.3, 0.4) is 0 Å². The molecule has 2 nitrogen and oxygen atoms in total. The highest BCUT2D eigenvalue weighted by Gasteiger charge is 2.19. The molecule has 0 saturated carbocycles. The maximum Gasteiger partial charge on any atom is 0.129 e. The number of aryl methyl sites for hydroxylation is 1. The Kier molecular flexibility index (Phi) is 4.61. The van der Waals surface area contributed by atoms with Crippen LogP contribution in [0.15, 0.2) is 23.7 Å². The van der Waals surface area contributed by atoms with Crippen LogP contribution >= 0.6 is 11.3 Å². The number of halogens is 2. The number of rotatable bonds is 5. The van der Waals surface area contributed by atoms with Gasteiger partial charge >= 0.3 is 0 Å². The largest absolute Gasteiger partial charge is 0.309 e. The van der Waals surface area contributed by atoms with Crippen molar-refractivity contribution in [2.75, 3.05) is 6.54 Å². The van der Waals surface area contributed by atoms with Gasteiger partial charge < -0.3 is 5.32 Å². The zero-order chi connectivity index (χ0) is 13.8. The van der Waals surface area contributed by atoms with Crippen molar-refractivity contribution in [2.45, 2.75) is 26.3 Å². The van der Waals surface area contributed by atoms with Gasteiger partial charge in [0.1, 0.15) is 11.6 Å². The molecule has 5 heteroatoms. The highest BCUT2D eigenvalue weighted by atomic mass is 32.1. The van der Waals surface area contributed by atoms with E-state index in [0.717, 1.165) is 17.1 Å². The third kappa shape index (κ3) is 3.16. The number of hydrogen-bond donors (Lipinski definition) is 1. The van der Waals surface area contributed by atoms with Crippen LogP contribution in [0.1, 0.15) is 29.1 Å². The van der Waals surface area contributed by atoms with E-state index in [1.54, 1.807) is 5.51 Å². The molecule has 1 heterocycles. The van der Waals surface area contributed by atoms with Crippen molar-refractivity contribution in [3.8, 4) is 0 Å². The maximum absolute atomic E-state index is 13.7. The van der Waals surface area contributed by atoms with Gasteiger partial charge in [0.15, 0.2) is 0 Å². The van der Waals surface area contributed by atoms with E-state index in [4.69, 9.17) is 0 Å². The molecule has 1 atom stereocenters. The van der Waals surface area contributed by atoms with Gasteiger partial charge in [-0.3, -0.25) is 0 Å². The monoisotopic (exact) mass is 282 g/mol. The molecule has 1 unspecified atom stereocenters. The van der Waals surface area contributed by atoms with E-state index >= 15 is 0 Å². The second-order valence-corrected chi connectivity index (χ2v) is 5.20. The van der Waals surface area contributed by atoms with Crippen LogP contribution < -0.4 is 5.32 Å². The summed E-state index contributed by atoms with van der Waals surface area (Å²) in [4.78, 5) is 5.23. The summed E-state index contributed by atoms with van der Waals surface area (Å²) in [5.74, 6) is -0.991. The zero-order valence-electron chi connectivity index (χ0n) is 10.9. The summed E-state index contributed by atoms with van der Waals surface area (Å²) in [6, 6.07) is 3.86. The summed E-state index contributed by atoms with van der Waals surface area (Å²) in [5.41, 5.74) is 2.79. The molecule has 0 saturated heterocycles. The highest BCUT2D eigenvalue weighted by molar-refractivity contribution is 7.09. The summed E-state index contributed by atoms with van der Waals surface area (Å²) < 4.78 is 27.4. The SMILES string of the molecule is CCNC(Cc1c(F)cccc1F)c1scnc1C. The number of thiazole rings is 1. The molecule has 1 aromatic carbocycles. The Balaban J connectivity index is 2.29. The number of benzene rings is 1. The Bertz CT molecular complexity index is 534. The van der Waals surface area contributed by atoms with Gasteiger partial charge in [-0.1, -0.05) is 13.0 Å². The van der Waals surface area contributed by atoms with Crippen molar-refractivity contribution in [3.63, 3.8) is 0 Å². The third-order valence-corrected chi connectivity index (χ3v) is 4.06. The first-order valence-corrected chi connectivity index (χ1v) is 7.07. The van der Waals surface area contributed by atoms with Crippen molar-refractivity contribution in [1.29, 1.82) is 0 Å². The number of aromatic nitrogens is 1. The van der Waals surface area contributed by atoms with Gasteiger partial charge in [0.2, 0.25) is 0 Å². The molecular formula is C14H16F2N2S. The molecule has 2 rings (SSSR count). The summed E-state index contributed by atoms with van der Waals surface area (Å²) in [5, 5.41) is 3.27. The van der Waals surface area contributed by atoms with E-state index in [0.29, 0.717) is 0 Å². The lowest BCUT2D eigenvalue weighted by Crippen LogP contribution is -2.23. The van der Waals surface area contributed by atoms with Crippen molar-refractivity contribution in [1.82, 2.24) is 10.3 Å². The summed E-state index contributed by atoms with van der Waals surface area (Å²) >= 11 is 1.51. The average molecular weight is 282 g/mol. The lowest BCUT2D eigenvalue weighted by atomic mass is 10.0. The Labute approximate surface area is 115 Å². The van der Waals surface area contributed by atoms with Crippen LogP contribution in [0.25, 0.3) is 0 Å². The van der Waals surface area contributed by atoms with Gasteiger partial charge in [0, 0.05) is 16.5 Å². The topological polar surface area (TPSA) is 24.9 Å². The molecule has 0 spiro atoms. The Morgan fingerprint density at radius 2 is 2.00 bits per heavy atom. The molecule has 0 aliphatic carbocycles. The first kappa shape index (κ1) is 14.1. The molecule has 0 amide bonds. The Morgan fingerprint density at radius 3 is 2.53 bits per heavy atom. The molecule has 2 aromatic rings. The quantitative estimate of drug-likeness (QED) is 0.906. The van der Waals surface area contributed by atoms with Crippen LogP contribution in [-0.2, 0) is 6.42 Å². The normalized spacial score (nSPS) is 12.6. The predicted octanol–water partition coefficient (Wildman–Crippen LogP) is 3.62. The molecule has 0 radical (unpaired) electrons. The zero-order valence-corrected chi connectivity index (χ0v) is 11.7. The van der Waals surface area contributed by atoms with Crippen LogP contribution in [-0.4, -0.2) is 11.5 Å². The second-order valence-electron chi connectivity index (χ2n) is 4.32. The van der Waals surface area contributed by atoms with E-state index in [2.05, 4.69) is 10.3 Å². The first-order chi connectivity index (χ1) is 9.13. The minimum absolute atomic E-state index is 0.108. The van der Waals surface area contributed by atoms with Crippen LogP contribution in [0, 0.1) is 18.6 Å². The summed E-state index contributed by atoms with van der Waals surface area (Å²) in [7, 11) is 0. The van der Waals surface area contributed by atoms with E-state index < -0.39 is 11.6 Å². The predicted molar refractivity (Wildman–Crippen MR) is 73.3 cm³/mol. The van der Waals surface area contributed by atoms with Gasteiger partial charge in [0.25, 0.3) is 0 Å². The molecule has 0 bridgehead atoms. The van der Waals surface area contributed by atoms with Gasteiger partial charge in [-0.2, -0.15) is 0 Å². The summed E-state index contributed by atoms with van der Waals surface area (Å²) in [6.45, 7) is 4.62. The number of nitrogens with zero attached hydrogens (tertiary/aromatic N) is 1. The molecule has 1 aromatic heterocycles.